The van der Waals surface area contributed by atoms with Crippen molar-refractivity contribution in [2.75, 3.05) is 5.32 Å². The van der Waals surface area contributed by atoms with Gasteiger partial charge in [-0.3, -0.25) is 4.79 Å². The summed E-state index contributed by atoms with van der Waals surface area (Å²) < 4.78 is 26.4. The minimum atomic E-state index is -1.17. The second-order valence-corrected chi connectivity index (χ2v) is 4.17. The molecule has 1 aromatic heterocycles. The Bertz CT molecular complexity index is 652. The van der Waals surface area contributed by atoms with E-state index in [1.165, 1.54) is 18.2 Å². The third kappa shape index (κ3) is 2.97. The van der Waals surface area contributed by atoms with Crippen LogP contribution in [0.5, 0.6) is 0 Å². The first kappa shape index (κ1) is 13.6. The van der Waals surface area contributed by atoms with Gasteiger partial charge in [-0.25, -0.2) is 8.78 Å². The zero-order chi connectivity index (χ0) is 14.0. The number of carbonyl (C=O) groups is 1. The van der Waals surface area contributed by atoms with Crippen LogP contribution in [0.3, 0.4) is 0 Å². The molecule has 0 radical (unpaired) electrons. The number of aromatic nitrogens is 2. The van der Waals surface area contributed by atoms with Crippen LogP contribution in [0.2, 0.25) is 10.3 Å². The minimum Gasteiger partial charge on any atom is -0.319 e. The largest absolute Gasteiger partial charge is 0.319 e. The first-order chi connectivity index (χ1) is 8.99. The summed E-state index contributed by atoms with van der Waals surface area (Å²) in [5.41, 5.74) is -0.403. The lowest BCUT2D eigenvalue weighted by molar-refractivity contribution is 0.102. The van der Waals surface area contributed by atoms with Crippen LogP contribution in [0.15, 0.2) is 24.3 Å². The summed E-state index contributed by atoms with van der Waals surface area (Å²) in [7, 11) is 0. The summed E-state index contributed by atoms with van der Waals surface area (Å²) in [5, 5.41) is 8.79. The van der Waals surface area contributed by atoms with E-state index in [-0.39, 0.29) is 21.6 Å². The van der Waals surface area contributed by atoms with Gasteiger partial charge >= 0.3 is 0 Å². The first-order valence-corrected chi connectivity index (χ1v) is 5.68. The highest BCUT2D eigenvalue weighted by atomic mass is 35.5. The van der Waals surface area contributed by atoms with Crippen molar-refractivity contribution in [3.8, 4) is 0 Å². The molecule has 0 fully saturated rings. The summed E-state index contributed by atoms with van der Waals surface area (Å²) in [6, 6.07) is 4.57. The molecule has 1 heterocycles. The van der Waals surface area contributed by atoms with Gasteiger partial charge in [-0.15, -0.1) is 10.2 Å². The van der Waals surface area contributed by atoms with E-state index in [0.29, 0.717) is 0 Å². The molecule has 1 N–H and O–H groups in total. The van der Waals surface area contributed by atoms with E-state index in [0.717, 1.165) is 6.07 Å². The quantitative estimate of drug-likeness (QED) is 0.926. The molecule has 2 aromatic rings. The number of halogens is 4. The van der Waals surface area contributed by atoms with E-state index in [1.807, 2.05) is 0 Å². The Hall–Kier alpha value is -1.79. The molecule has 0 spiro atoms. The standard InChI is InChI=1S/C11H5Cl2F2N3O/c12-8-4-5(10(13)18-17-8)11(19)16-7-3-1-2-6(14)9(7)15/h1-4H,(H,16,19). The zero-order valence-electron chi connectivity index (χ0n) is 9.12. The number of rotatable bonds is 2. The summed E-state index contributed by atoms with van der Waals surface area (Å²) in [5.74, 6) is -3.01. The van der Waals surface area contributed by atoms with Crippen LogP contribution in [0, 0.1) is 11.6 Å². The predicted octanol–water partition coefficient (Wildman–Crippen LogP) is 3.31. The van der Waals surface area contributed by atoms with Crippen LogP contribution in [-0.4, -0.2) is 16.1 Å². The van der Waals surface area contributed by atoms with Gasteiger partial charge in [-0.1, -0.05) is 29.3 Å². The number of benzene rings is 1. The summed E-state index contributed by atoms with van der Waals surface area (Å²) in [6.45, 7) is 0. The number of nitrogens with one attached hydrogen (secondary N) is 1. The topological polar surface area (TPSA) is 54.9 Å². The fraction of sp³-hybridized carbons (Fsp3) is 0. The maximum atomic E-state index is 13.4. The van der Waals surface area contributed by atoms with E-state index >= 15 is 0 Å². The number of anilines is 1. The van der Waals surface area contributed by atoms with Crippen molar-refractivity contribution in [1.82, 2.24) is 10.2 Å². The lowest BCUT2D eigenvalue weighted by atomic mass is 10.2. The van der Waals surface area contributed by atoms with E-state index < -0.39 is 17.5 Å². The Morgan fingerprint density at radius 3 is 2.68 bits per heavy atom. The molecular weight excluding hydrogens is 299 g/mol. The maximum absolute atomic E-state index is 13.4. The van der Waals surface area contributed by atoms with Gasteiger partial charge in [0.1, 0.15) is 0 Å². The second kappa shape index (κ2) is 5.46. The van der Waals surface area contributed by atoms with Crippen LogP contribution in [0.4, 0.5) is 14.5 Å². The monoisotopic (exact) mass is 303 g/mol. The van der Waals surface area contributed by atoms with E-state index in [1.54, 1.807) is 0 Å². The second-order valence-electron chi connectivity index (χ2n) is 3.43. The first-order valence-electron chi connectivity index (χ1n) is 4.93. The highest BCUT2D eigenvalue weighted by molar-refractivity contribution is 6.34. The lowest BCUT2D eigenvalue weighted by Gasteiger charge is -2.07. The molecule has 2 rings (SSSR count). The Balaban J connectivity index is 2.31. The van der Waals surface area contributed by atoms with E-state index in [9.17, 15) is 13.6 Å². The van der Waals surface area contributed by atoms with Crippen LogP contribution in [0.1, 0.15) is 10.4 Å². The predicted molar refractivity (Wildman–Crippen MR) is 66.4 cm³/mol. The summed E-state index contributed by atoms with van der Waals surface area (Å²) in [6.07, 6.45) is 0. The van der Waals surface area contributed by atoms with Crippen molar-refractivity contribution >= 4 is 34.8 Å². The Morgan fingerprint density at radius 2 is 1.95 bits per heavy atom. The fourth-order valence-corrected chi connectivity index (χ4v) is 1.63. The Labute approximate surface area is 116 Å². The molecule has 1 amide bonds. The number of hydrogen-bond donors (Lipinski definition) is 1. The Morgan fingerprint density at radius 1 is 1.21 bits per heavy atom. The van der Waals surface area contributed by atoms with Crippen LogP contribution in [-0.2, 0) is 0 Å². The number of nitrogens with zero attached hydrogens (tertiary/aromatic N) is 2. The third-order valence-electron chi connectivity index (χ3n) is 2.16. The summed E-state index contributed by atoms with van der Waals surface area (Å²) >= 11 is 11.2. The molecule has 0 bridgehead atoms. The van der Waals surface area contributed by atoms with Gasteiger partial charge in [0.2, 0.25) is 0 Å². The number of carbonyl (C=O) groups excluding carboxylic acids is 1. The molecule has 0 aliphatic rings. The van der Waals surface area contributed by atoms with Gasteiger partial charge in [0.15, 0.2) is 21.9 Å². The lowest BCUT2D eigenvalue weighted by Crippen LogP contribution is -2.15. The van der Waals surface area contributed by atoms with Gasteiger partial charge in [0.05, 0.1) is 11.3 Å². The summed E-state index contributed by atoms with van der Waals surface area (Å²) in [4.78, 5) is 11.8. The molecule has 0 saturated heterocycles. The number of hydrogen-bond acceptors (Lipinski definition) is 3. The van der Waals surface area contributed by atoms with Crippen LogP contribution < -0.4 is 5.32 Å². The molecule has 0 saturated carbocycles. The van der Waals surface area contributed by atoms with Gasteiger partial charge in [-0.2, -0.15) is 0 Å². The van der Waals surface area contributed by atoms with Crippen LogP contribution in [0.25, 0.3) is 0 Å². The zero-order valence-corrected chi connectivity index (χ0v) is 10.6. The van der Waals surface area contributed by atoms with Crippen molar-refractivity contribution in [3.63, 3.8) is 0 Å². The SMILES string of the molecule is O=C(Nc1cccc(F)c1F)c1cc(Cl)nnc1Cl. The molecule has 1 aromatic carbocycles. The average Bonchev–Trinajstić information content (AvgIpc) is 2.38. The molecular formula is C11H5Cl2F2N3O. The third-order valence-corrected chi connectivity index (χ3v) is 2.63. The smallest absolute Gasteiger partial charge is 0.259 e. The fourth-order valence-electron chi connectivity index (χ4n) is 1.30. The van der Waals surface area contributed by atoms with Gasteiger partial charge < -0.3 is 5.32 Å². The highest BCUT2D eigenvalue weighted by Crippen LogP contribution is 2.20. The molecule has 0 atom stereocenters. The highest BCUT2D eigenvalue weighted by Gasteiger charge is 2.16. The van der Waals surface area contributed by atoms with Crippen molar-refractivity contribution in [3.05, 3.63) is 51.8 Å². The van der Waals surface area contributed by atoms with E-state index in [4.69, 9.17) is 23.2 Å². The van der Waals surface area contributed by atoms with Gasteiger partial charge in [0, 0.05) is 0 Å². The molecule has 0 unspecified atom stereocenters. The molecule has 19 heavy (non-hydrogen) atoms. The molecule has 4 nitrogen and oxygen atoms in total. The molecule has 0 aliphatic heterocycles. The van der Waals surface area contributed by atoms with Gasteiger partial charge in [0.25, 0.3) is 5.91 Å². The van der Waals surface area contributed by atoms with Crippen LogP contribution >= 0.6 is 23.2 Å². The van der Waals surface area contributed by atoms with Crippen molar-refractivity contribution in [2.24, 2.45) is 0 Å². The average molecular weight is 304 g/mol. The Kier molecular flexibility index (Phi) is 3.92. The van der Waals surface area contributed by atoms with Crippen molar-refractivity contribution in [2.45, 2.75) is 0 Å². The normalized spacial score (nSPS) is 10.3. The molecule has 0 aliphatic carbocycles. The maximum Gasteiger partial charge on any atom is 0.259 e. The minimum absolute atomic E-state index is 0.0470. The van der Waals surface area contributed by atoms with Gasteiger partial charge in [-0.05, 0) is 18.2 Å². The van der Waals surface area contributed by atoms with Crippen molar-refractivity contribution in [1.29, 1.82) is 0 Å². The number of amides is 1. The molecule has 8 heteroatoms. The molecule has 98 valence electrons. The van der Waals surface area contributed by atoms with E-state index in [2.05, 4.69) is 15.5 Å². The van der Waals surface area contributed by atoms with Crippen molar-refractivity contribution < 1.29 is 13.6 Å².